The van der Waals surface area contributed by atoms with Gasteiger partial charge in [0.25, 0.3) is 0 Å². The van der Waals surface area contributed by atoms with E-state index in [9.17, 15) is 4.79 Å². The van der Waals surface area contributed by atoms with Gasteiger partial charge in [0.1, 0.15) is 6.61 Å². The number of nitrogens with one attached hydrogen (secondary N) is 1. The van der Waals surface area contributed by atoms with Gasteiger partial charge in [-0.2, -0.15) is 0 Å². The summed E-state index contributed by atoms with van der Waals surface area (Å²) in [6.45, 7) is 0.931. The Kier molecular flexibility index (Phi) is 3.78. The number of primary amides is 1. The highest BCUT2D eigenvalue weighted by molar-refractivity contribution is 5.78. The highest BCUT2D eigenvalue weighted by atomic mass is 16.5. The summed E-state index contributed by atoms with van der Waals surface area (Å²) in [5, 5.41) is 3.15. The summed E-state index contributed by atoms with van der Waals surface area (Å²) in [4.78, 5) is 14.9. The van der Waals surface area contributed by atoms with Crippen LogP contribution in [-0.4, -0.2) is 35.2 Å². The summed E-state index contributed by atoms with van der Waals surface area (Å²) in [5.41, 5.74) is 6.97. The van der Waals surface area contributed by atoms with Crippen LogP contribution in [-0.2, 0) is 16.6 Å². The molecule has 0 atom stereocenters. The molecular formula is C12H16N4O2. The maximum atomic E-state index is 10.5. The predicted molar refractivity (Wildman–Crippen MR) is 69.2 cm³/mol. The van der Waals surface area contributed by atoms with Crippen LogP contribution < -0.4 is 11.1 Å². The van der Waals surface area contributed by atoms with E-state index in [0.717, 1.165) is 17.0 Å². The van der Waals surface area contributed by atoms with Crippen molar-refractivity contribution in [2.45, 2.75) is 0 Å². The molecule has 1 aromatic carbocycles. The number of carbonyl (C=O) groups is 1. The lowest BCUT2D eigenvalue weighted by Crippen LogP contribution is -2.21. The van der Waals surface area contributed by atoms with Gasteiger partial charge in [-0.3, -0.25) is 4.79 Å². The number of hydrogen-bond donors (Lipinski definition) is 2. The van der Waals surface area contributed by atoms with Gasteiger partial charge in [-0.15, -0.1) is 0 Å². The Labute approximate surface area is 105 Å². The average molecular weight is 248 g/mol. The quantitative estimate of drug-likeness (QED) is 0.729. The number of ether oxygens (including phenoxy) is 1. The predicted octanol–water partition coefficient (Wildman–Crippen LogP) is 0.487. The smallest absolute Gasteiger partial charge is 0.243 e. The van der Waals surface area contributed by atoms with E-state index in [1.165, 1.54) is 0 Å². The van der Waals surface area contributed by atoms with Gasteiger partial charge in [-0.05, 0) is 12.1 Å². The van der Waals surface area contributed by atoms with Gasteiger partial charge >= 0.3 is 0 Å². The summed E-state index contributed by atoms with van der Waals surface area (Å²) in [7, 11) is 1.95. The van der Waals surface area contributed by atoms with Crippen molar-refractivity contribution in [1.29, 1.82) is 0 Å². The van der Waals surface area contributed by atoms with Crippen LogP contribution in [0.4, 0.5) is 5.95 Å². The van der Waals surface area contributed by atoms with Gasteiger partial charge in [0, 0.05) is 13.6 Å². The molecule has 0 fully saturated rings. The number of anilines is 1. The molecule has 0 unspecified atom stereocenters. The Bertz CT molecular complexity index is 550. The van der Waals surface area contributed by atoms with E-state index in [-0.39, 0.29) is 6.61 Å². The summed E-state index contributed by atoms with van der Waals surface area (Å²) >= 11 is 0. The maximum Gasteiger partial charge on any atom is 0.243 e. The highest BCUT2D eigenvalue weighted by Crippen LogP contribution is 2.16. The minimum absolute atomic E-state index is 0.0514. The third-order valence-corrected chi connectivity index (χ3v) is 2.56. The van der Waals surface area contributed by atoms with Crippen LogP contribution >= 0.6 is 0 Å². The molecule has 0 bridgehead atoms. The van der Waals surface area contributed by atoms with Gasteiger partial charge < -0.3 is 20.4 Å². The van der Waals surface area contributed by atoms with Gasteiger partial charge in [0.15, 0.2) is 0 Å². The number of imidazole rings is 1. The van der Waals surface area contributed by atoms with Crippen LogP contribution in [0.15, 0.2) is 24.3 Å². The molecule has 1 amide bonds. The van der Waals surface area contributed by atoms with Gasteiger partial charge in [-0.25, -0.2) is 4.98 Å². The number of nitrogens with zero attached hydrogens (tertiary/aromatic N) is 2. The van der Waals surface area contributed by atoms with Crippen molar-refractivity contribution >= 4 is 22.9 Å². The molecule has 0 saturated carbocycles. The second-order valence-electron chi connectivity index (χ2n) is 3.93. The molecule has 1 heterocycles. The second kappa shape index (κ2) is 5.50. The molecule has 18 heavy (non-hydrogen) atoms. The number of benzene rings is 1. The van der Waals surface area contributed by atoms with Crippen LogP contribution in [0.25, 0.3) is 11.0 Å². The molecule has 2 rings (SSSR count). The fourth-order valence-electron chi connectivity index (χ4n) is 1.71. The number of fused-ring (bicyclic) bond motifs is 1. The summed E-state index contributed by atoms with van der Waals surface area (Å²) in [6.07, 6.45) is 0. The molecule has 0 aliphatic rings. The molecule has 0 radical (unpaired) electrons. The van der Waals surface area contributed by atoms with E-state index in [2.05, 4.69) is 10.3 Å². The second-order valence-corrected chi connectivity index (χ2v) is 3.93. The molecule has 6 heteroatoms. The lowest BCUT2D eigenvalue weighted by molar-refractivity contribution is -0.122. The van der Waals surface area contributed by atoms with E-state index >= 15 is 0 Å². The van der Waals surface area contributed by atoms with Crippen LogP contribution in [0, 0.1) is 0 Å². The number of amides is 1. The molecule has 3 N–H and O–H groups in total. The van der Waals surface area contributed by atoms with E-state index in [1.54, 1.807) is 0 Å². The van der Waals surface area contributed by atoms with Crippen molar-refractivity contribution in [1.82, 2.24) is 9.55 Å². The minimum Gasteiger partial charge on any atom is -0.370 e. The molecule has 0 spiro atoms. The average Bonchev–Trinajstić information content (AvgIpc) is 2.66. The standard InChI is InChI=1S/C12H16N4O2/c1-16-10-5-3-2-4-9(10)15-12(16)14-6-7-18-8-11(13)17/h2-5H,6-8H2,1H3,(H2,13,17)(H,14,15). The highest BCUT2D eigenvalue weighted by Gasteiger charge is 2.05. The first kappa shape index (κ1) is 12.4. The van der Waals surface area contributed by atoms with E-state index in [1.807, 2.05) is 35.9 Å². The zero-order chi connectivity index (χ0) is 13.0. The zero-order valence-corrected chi connectivity index (χ0v) is 10.2. The monoisotopic (exact) mass is 248 g/mol. The first-order valence-electron chi connectivity index (χ1n) is 5.70. The molecule has 6 nitrogen and oxygen atoms in total. The number of para-hydroxylation sites is 2. The van der Waals surface area contributed by atoms with Crippen molar-refractivity contribution in [3.63, 3.8) is 0 Å². The van der Waals surface area contributed by atoms with Gasteiger partial charge in [0.05, 0.1) is 17.6 Å². The topological polar surface area (TPSA) is 82.2 Å². The SMILES string of the molecule is Cn1c(NCCOCC(N)=O)nc2ccccc21. The summed E-state index contributed by atoms with van der Waals surface area (Å²) in [6, 6.07) is 7.90. The van der Waals surface area contributed by atoms with Crippen molar-refractivity contribution in [2.75, 3.05) is 25.1 Å². The van der Waals surface area contributed by atoms with E-state index < -0.39 is 5.91 Å². The number of aromatic nitrogens is 2. The Morgan fingerprint density at radius 2 is 2.28 bits per heavy atom. The third kappa shape index (κ3) is 2.78. The Hall–Kier alpha value is -2.08. The lowest BCUT2D eigenvalue weighted by atomic mass is 10.3. The Morgan fingerprint density at radius 3 is 3.00 bits per heavy atom. The number of rotatable bonds is 6. The molecule has 96 valence electrons. The van der Waals surface area contributed by atoms with E-state index in [0.29, 0.717) is 13.2 Å². The van der Waals surface area contributed by atoms with Crippen LogP contribution in [0.2, 0.25) is 0 Å². The first-order valence-corrected chi connectivity index (χ1v) is 5.70. The molecule has 2 aromatic rings. The maximum absolute atomic E-state index is 10.5. The molecule has 0 aliphatic heterocycles. The van der Waals surface area contributed by atoms with Crippen LogP contribution in [0.5, 0.6) is 0 Å². The number of carbonyl (C=O) groups excluding carboxylic acids is 1. The van der Waals surface area contributed by atoms with Gasteiger partial charge in [-0.1, -0.05) is 12.1 Å². The van der Waals surface area contributed by atoms with Crippen LogP contribution in [0.3, 0.4) is 0 Å². The van der Waals surface area contributed by atoms with Crippen molar-refractivity contribution in [2.24, 2.45) is 12.8 Å². The van der Waals surface area contributed by atoms with Crippen molar-refractivity contribution in [3.05, 3.63) is 24.3 Å². The molecule has 0 aliphatic carbocycles. The van der Waals surface area contributed by atoms with Gasteiger partial charge in [0.2, 0.25) is 11.9 Å². The fraction of sp³-hybridized carbons (Fsp3) is 0.333. The summed E-state index contributed by atoms with van der Waals surface area (Å²) in [5.74, 6) is 0.316. The Balaban J connectivity index is 1.91. The van der Waals surface area contributed by atoms with E-state index in [4.69, 9.17) is 10.5 Å². The molecule has 1 aromatic heterocycles. The number of hydrogen-bond acceptors (Lipinski definition) is 4. The summed E-state index contributed by atoms with van der Waals surface area (Å²) < 4.78 is 7.03. The Morgan fingerprint density at radius 1 is 1.50 bits per heavy atom. The fourth-order valence-corrected chi connectivity index (χ4v) is 1.71. The largest absolute Gasteiger partial charge is 0.370 e. The first-order chi connectivity index (χ1) is 8.68. The minimum atomic E-state index is -0.460. The molecular weight excluding hydrogens is 232 g/mol. The van der Waals surface area contributed by atoms with Crippen molar-refractivity contribution in [3.8, 4) is 0 Å². The lowest BCUT2D eigenvalue weighted by Gasteiger charge is -2.06. The zero-order valence-electron chi connectivity index (χ0n) is 10.2. The molecule has 0 saturated heterocycles. The third-order valence-electron chi connectivity index (χ3n) is 2.56. The number of nitrogens with two attached hydrogens (primary N) is 1. The van der Waals surface area contributed by atoms with Crippen molar-refractivity contribution < 1.29 is 9.53 Å². The van der Waals surface area contributed by atoms with Crippen LogP contribution in [0.1, 0.15) is 0 Å². The number of aryl methyl sites for hydroxylation is 1. The normalized spacial score (nSPS) is 10.7.